The van der Waals surface area contributed by atoms with Gasteiger partial charge in [0.25, 0.3) is 5.56 Å². The maximum Gasteiger partial charge on any atom is 0.338 e. The third-order valence-electron chi connectivity index (χ3n) is 3.93. The smallest absolute Gasteiger partial charge is 0.338 e. The molecule has 0 atom stereocenters. The molecule has 0 unspecified atom stereocenters. The highest BCUT2D eigenvalue weighted by molar-refractivity contribution is 7.17. The lowest BCUT2D eigenvalue weighted by Crippen LogP contribution is -2.39. The molecule has 0 bridgehead atoms. The monoisotopic (exact) mass is 387 g/mol. The van der Waals surface area contributed by atoms with Crippen molar-refractivity contribution in [2.75, 3.05) is 11.9 Å². The average Bonchev–Trinajstić information content (AvgIpc) is 3.14. The summed E-state index contributed by atoms with van der Waals surface area (Å²) in [4.78, 5) is 48.5. The summed E-state index contributed by atoms with van der Waals surface area (Å²) in [6, 6.07) is 7.89. The Morgan fingerprint density at radius 2 is 1.85 bits per heavy atom. The van der Waals surface area contributed by atoms with Crippen LogP contribution in [0.4, 0.5) is 5.69 Å². The van der Waals surface area contributed by atoms with E-state index in [1.54, 1.807) is 42.6 Å². The van der Waals surface area contributed by atoms with E-state index in [4.69, 9.17) is 4.74 Å². The number of ether oxygens (including phenoxy) is 1. The van der Waals surface area contributed by atoms with E-state index in [-0.39, 0.29) is 18.7 Å². The number of aromatic nitrogens is 2. The number of carbonyl (C=O) groups excluding carboxylic acids is 2. The second-order valence-electron chi connectivity index (χ2n) is 5.71. The molecule has 2 heterocycles. The van der Waals surface area contributed by atoms with Crippen LogP contribution in [0.2, 0.25) is 0 Å². The maximum absolute atomic E-state index is 12.4. The first-order valence-corrected chi connectivity index (χ1v) is 9.04. The minimum absolute atomic E-state index is 0.236. The van der Waals surface area contributed by atoms with Crippen molar-refractivity contribution in [1.82, 2.24) is 9.13 Å². The van der Waals surface area contributed by atoms with Gasteiger partial charge in [-0.05, 0) is 42.6 Å². The first-order chi connectivity index (χ1) is 12.9. The number of amides is 1. The normalized spacial score (nSPS) is 10.7. The number of hydrogen-bond donors (Lipinski definition) is 1. The van der Waals surface area contributed by atoms with E-state index in [1.807, 2.05) is 0 Å². The van der Waals surface area contributed by atoms with E-state index in [2.05, 4.69) is 5.32 Å². The molecule has 3 aromatic rings. The van der Waals surface area contributed by atoms with Crippen molar-refractivity contribution in [2.24, 2.45) is 7.05 Å². The van der Waals surface area contributed by atoms with Gasteiger partial charge in [-0.15, -0.1) is 11.3 Å². The van der Waals surface area contributed by atoms with Crippen LogP contribution in [0, 0.1) is 0 Å². The molecule has 1 aromatic carbocycles. The molecule has 0 saturated carbocycles. The lowest BCUT2D eigenvalue weighted by atomic mass is 10.2. The number of esters is 1. The zero-order valence-electron chi connectivity index (χ0n) is 14.7. The van der Waals surface area contributed by atoms with Crippen LogP contribution in [-0.4, -0.2) is 27.6 Å². The van der Waals surface area contributed by atoms with Crippen LogP contribution in [-0.2, 0) is 23.1 Å². The highest BCUT2D eigenvalue weighted by Gasteiger charge is 2.15. The van der Waals surface area contributed by atoms with Crippen LogP contribution in [0.25, 0.3) is 10.2 Å². The summed E-state index contributed by atoms with van der Waals surface area (Å²) in [6.45, 7) is 1.76. The van der Waals surface area contributed by atoms with E-state index in [0.29, 0.717) is 21.5 Å². The van der Waals surface area contributed by atoms with Crippen molar-refractivity contribution in [3.8, 4) is 0 Å². The van der Waals surface area contributed by atoms with Gasteiger partial charge < -0.3 is 10.1 Å². The molecule has 9 heteroatoms. The molecule has 0 spiro atoms. The van der Waals surface area contributed by atoms with Crippen LogP contribution in [0.1, 0.15) is 17.3 Å². The van der Waals surface area contributed by atoms with Gasteiger partial charge in [0.2, 0.25) is 5.91 Å². The fourth-order valence-corrected chi connectivity index (χ4v) is 3.47. The highest BCUT2D eigenvalue weighted by Crippen LogP contribution is 2.15. The Kier molecular flexibility index (Phi) is 5.22. The van der Waals surface area contributed by atoms with E-state index in [1.165, 1.54) is 23.0 Å². The van der Waals surface area contributed by atoms with Gasteiger partial charge in [-0.3, -0.25) is 18.7 Å². The number of fused-ring (bicyclic) bond motifs is 1. The molecule has 2 aromatic heterocycles. The van der Waals surface area contributed by atoms with E-state index in [0.717, 1.165) is 4.57 Å². The molecule has 0 saturated heterocycles. The predicted octanol–water partition coefficient (Wildman–Crippen LogP) is 1.58. The zero-order chi connectivity index (χ0) is 19.6. The van der Waals surface area contributed by atoms with Crippen LogP contribution < -0.4 is 16.6 Å². The first kappa shape index (κ1) is 18.6. The Morgan fingerprint density at radius 1 is 1.15 bits per heavy atom. The van der Waals surface area contributed by atoms with Gasteiger partial charge in [-0.25, -0.2) is 9.59 Å². The lowest BCUT2D eigenvalue weighted by molar-refractivity contribution is -0.116. The van der Waals surface area contributed by atoms with Gasteiger partial charge in [0.1, 0.15) is 11.2 Å². The van der Waals surface area contributed by atoms with Crippen molar-refractivity contribution in [1.29, 1.82) is 0 Å². The Labute approximate surface area is 157 Å². The third kappa shape index (κ3) is 3.68. The quantitative estimate of drug-likeness (QED) is 0.670. The number of hydrogen-bond acceptors (Lipinski definition) is 6. The SMILES string of the molecule is CCOC(=O)c1ccc(NC(=O)Cn2c(=O)n(C)c(=O)c3sccc32)cc1. The zero-order valence-corrected chi connectivity index (χ0v) is 15.5. The second-order valence-corrected chi connectivity index (χ2v) is 6.63. The predicted molar refractivity (Wildman–Crippen MR) is 102 cm³/mol. The Bertz CT molecular complexity index is 1120. The number of anilines is 1. The van der Waals surface area contributed by atoms with Crippen molar-refractivity contribution in [3.63, 3.8) is 0 Å². The van der Waals surface area contributed by atoms with Crippen molar-refractivity contribution >= 4 is 39.1 Å². The van der Waals surface area contributed by atoms with Gasteiger partial charge in [-0.2, -0.15) is 0 Å². The molecular weight excluding hydrogens is 370 g/mol. The number of carbonyl (C=O) groups is 2. The summed E-state index contributed by atoms with van der Waals surface area (Å²) in [5.41, 5.74) is 0.354. The molecule has 0 aliphatic rings. The molecule has 3 rings (SSSR count). The summed E-state index contributed by atoms with van der Waals surface area (Å²) in [7, 11) is 1.38. The maximum atomic E-state index is 12.4. The van der Waals surface area contributed by atoms with Crippen LogP contribution in [0.5, 0.6) is 0 Å². The summed E-state index contributed by atoms with van der Waals surface area (Å²) in [6.07, 6.45) is 0. The van der Waals surface area contributed by atoms with Crippen LogP contribution >= 0.6 is 11.3 Å². The van der Waals surface area contributed by atoms with Gasteiger partial charge in [0.15, 0.2) is 0 Å². The molecule has 1 amide bonds. The van der Waals surface area contributed by atoms with Gasteiger partial charge in [-0.1, -0.05) is 0 Å². The number of benzene rings is 1. The van der Waals surface area contributed by atoms with Crippen molar-refractivity contribution in [3.05, 3.63) is 62.1 Å². The number of rotatable bonds is 5. The summed E-state index contributed by atoms with van der Waals surface area (Å²) >= 11 is 1.22. The number of thiophene rings is 1. The lowest BCUT2D eigenvalue weighted by Gasteiger charge is -2.10. The molecule has 27 heavy (non-hydrogen) atoms. The first-order valence-electron chi connectivity index (χ1n) is 8.16. The van der Waals surface area contributed by atoms with Gasteiger partial charge in [0, 0.05) is 12.7 Å². The molecule has 8 nitrogen and oxygen atoms in total. The fraction of sp³-hybridized carbons (Fsp3) is 0.222. The Hall–Kier alpha value is -3.20. The Morgan fingerprint density at radius 3 is 2.52 bits per heavy atom. The van der Waals surface area contributed by atoms with Gasteiger partial charge >= 0.3 is 11.7 Å². The van der Waals surface area contributed by atoms with Crippen molar-refractivity contribution in [2.45, 2.75) is 13.5 Å². The summed E-state index contributed by atoms with van der Waals surface area (Å²) in [5.74, 6) is -0.862. The molecule has 0 aliphatic carbocycles. The van der Waals surface area contributed by atoms with Crippen molar-refractivity contribution < 1.29 is 14.3 Å². The van der Waals surface area contributed by atoms with E-state index < -0.39 is 17.6 Å². The van der Waals surface area contributed by atoms with Crippen LogP contribution in [0.3, 0.4) is 0 Å². The summed E-state index contributed by atoms with van der Waals surface area (Å²) in [5, 5.41) is 4.37. The standard InChI is InChI=1S/C18H17N3O5S/c1-3-26-17(24)11-4-6-12(7-5-11)19-14(22)10-21-13-8-9-27-15(13)16(23)20(2)18(21)25/h4-9H,3,10H2,1-2H3,(H,19,22). The topological polar surface area (TPSA) is 99.4 Å². The van der Waals surface area contributed by atoms with E-state index in [9.17, 15) is 19.2 Å². The molecule has 0 radical (unpaired) electrons. The largest absolute Gasteiger partial charge is 0.462 e. The third-order valence-corrected chi connectivity index (χ3v) is 4.83. The fourth-order valence-electron chi connectivity index (χ4n) is 2.60. The molecule has 0 aliphatic heterocycles. The summed E-state index contributed by atoms with van der Waals surface area (Å²) < 4.78 is 7.57. The second kappa shape index (κ2) is 7.58. The van der Waals surface area contributed by atoms with E-state index >= 15 is 0 Å². The minimum Gasteiger partial charge on any atom is -0.462 e. The Balaban J connectivity index is 1.80. The molecular formula is C18H17N3O5S. The molecule has 1 N–H and O–H groups in total. The minimum atomic E-state index is -0.557. The van der Waals surface area contributed by atoms with Gasteiger partial charge in [0.05, 0.1) is 17.7 Å². The molecule has 140 valence electrons. The number of nitrogens with one attached hydrogen (secondary N) is 1. The average molecular weight is 387 g/mol. The van der Waals surface area contributed by atoms with Crippen LogP contribution in [0.15, 0.2) is 45.3 Å². The number of nitrogens with zero attached hydrogens (tertiary/aromatic N) is 2. The molecule has 0 fully saturated rings. The highest BCUT2D eigenvalue weighted by atomic mass is 32.1.